The highest BCUT2D eigenvalue weighted by Crippen LogP contribution is 2.34. The molecule has 0 bridgehead atoms. The maximum atomic E-state index is 11.7. The average molecular weight is 227 g/mol. The lowest BCUT2D eigenvalue weighted by molar-refractivity contribution is -0.227. The van der Waals surface area contributed by atoms with Crippen LogP contribution >= 0.6 is 0 Å². The van der Waals surface area contributed by atoms with E-state index in [2.05, 4.69) is 4.74 Å². The van der Waals surface area contributed by atoms with Gasteiger partial charge in [-0.15, -0.1) is 5.06 Å². The number of hydrogen-bond acceptors (Lipinski definition) is 6. The van der Waals surface area contributed by atoms with Gasteiger partial charge in [0.1, 0.15) is 6.61 Å². The Kier molecular flexibility index (Phi) is 2.38. The highest BCUT2D eigenvalue weighted by molar-refractivity contribution is 5.91. The van der Waals surface area contributed by atoms with Gasteiger partial charge in [-0.1, -0.05) is 0 Å². The highest BCUT2D eigenvalue weighted by atomic mass is 16.7. The van der Waals surface area contributed by atoms with Crippen molar-refractivity contribution in [1.29, 1.82) is 0 Å². The largest absolute Gasteiger partial charge is 0.463 e. The van der Waals surface area contributed by atoms with Crippen LogP contribution in [0, 0.1) is 0 Å². The van der Waals surface area contributed by atoms with Crippen LogP contribution in [0.2, 0.25) is 0 Å². The quantitative estimate of drug-likeness (QED) is 0.587. The molecule has 16 heavy (non-hydrogen) atoms. The molecule has 0 amide bonds. The standard InChI is InChI=1S/C10H13NO5/c1-6-5-15-9(13)10(2)4-7(8(12)14-3)16-11(6)10/h4,6H,5H2,1-3H3/t6-,10?/m0/s1. The Morgan fingerprint density at radius 3 is 2.94 bits per heavy atom. The first-order valence-corrected chi connectivity index (χ1v) is 4.94. The topological polar surface area (TPSA) is 65.1 Å². The molecule has 0 saturated carbocycles. The number of fused-ring (bicyclic) bond motifs is 1. The van der Waals surface area contributed by atoms with Crippen LogP contribution < -0.4 is 0 Å². The SMILES string of the molecule is COC(=O)C1=CC2(C)C(=O)OC[C@H](C)N2O1. The summed E-state index contributed by atoms with van der Waals surface area (Å²) in [6, 6.07) is -0.110. The monoisotopic (exact) mass is 227 g/mol. The van der Waals surface area contributed by atoms with Crippen LogP contribution in [0.3, 0.4) is 0 Å². The molecule has 0 aliphatic carbocycles. The summed E-state index contributed by atoms with van der Waals surface area (Å²) in [5.41, 5.74) is -1.04. The Bertz CT molecular complexity index is 377. The lowest BCUT2D eigenvalue weighted by atomic mass is 9.99. The maximum Gasteiger partial charge on any atom is 0.375 e. The Hall–Kier alpha value is -1.56. The number of nitrogens with zero attached hydrogens (tertiary/aromatic N) is 1. The molecule has 6 heteroatoms. The molecule has 0 N–H and O–H groups in total. The third-order valence-corrected chi connectivity index (χ3v) is 2.72. The molecular formula is C10H13NO5. The predicted molar refractivity (Wildman–Crippen MR) is 51.8 cm³/mol. The number of methoxy groups -OCH3 is 1. The van der Waals surface area contributed by atoms with E-state index in [-0.39, 0.29) is 18.4 Å². The zero-order valence-corrected chi connectivity index (χ0v) is 9.35. The second kappa shape index (κ2) is 3.48. The summed E-state index contributed by atoms with van der Waals surface area (Å²) in [5, 5.41) is 1.46. The Balaban J connectivity index is 2.32. The van der Waals surface area contributed by atoms with E-state index in [1.807, 2.05) is 6.92 Å². The van der Waals surface area contributed by atoms with Crippen LogP contribution in [0.1, 0.15) is 13.8 Å². The summed E-state index contributed by atoms with van der Waals surface area (Å²) in [7, 11) is 1.26. The molecule has 2 aliphatic heterocycles. The first-order chi connectivity index (χ1) is 7.49. The van der Waals surface area contributed by atoms with Gasteiger partial charge in [-0.25, -0.2) is 9.59 Å². The molecule has 1 fully saturated rings. The minimum atomic E-state index is -1.04. The van der Waals surface area contributed by atoms with Crippen molar-refractivity contribution < 1.29 is 23.9 Å². The van der Waals surface area contributed by atoms with E-state index >= 15 is 0 Å². The third kappa shape index (κ3) is 1.37. The van der Waals surface area contributed by atoms with E-state index in [9.17, 15) is 9.59 Å². The van der Waals surface area contributed by atoms with Gasteiger partial charge in [-0.2, -0.15) is 0 Å². The van der Waals surface area contributed by atoms with E-state index in [0.717, 1.165) is 0 Å². The third-order valence-electron chi connectivity index (χ3n) is 2.72. The molecule has 0 radical (unpaired) electrons. The summed E-state index contributed by atoms with van der Waals surface area (Å²) in [6.45, 7) is 3.73. The van der Waals surface area contributed by atoms with E-state index in [0.29, 0.717) is 0 Å². The van der Waals surface area contributed by atoms with Crippen molar-refractivity contribution in [2.75, 3.05) is 13.7 Å². The molecule has 2 heterocycles. The average Bonchev–Trinajstić information content (AvgIpc) is 2.63. The summed E-state index contributed by atoms with van der Waals surface area (Å²) in [5.74, 6) is -1.00. The Labute approximate surface area is 92.7 Å². The number of cyclic esters (lactones) is 1. The normalized spacial score (nSPS) is 33.6. The fourth-order valence-electron chi connectivity index (χ4n) is 1.85. The van der Waals surface area contributed by atoms with Crippen molar-refractivity contribution in [1.82, 2.24) is 5.06 Å². The first kappa shape index (κ1) is 10.9. The minimum Gasteiger partial charge on any atom is -0.463 e. The zero-order chi connectivity index (χ0) is 11.9. The van der Waals surface area contributed by atoms with Gasteiger partial charge in [0, 0.05) is 6.08 Å². The van der Waals surface area contributed by atoms with Crippen molar-refractivity contribution in [3.63, 3.8) is 0 Å². The van der Waals surface area contributed by atoms with E-state index < -0.39 is 17.5 Å². The number of carbonyl (C=O) groups excluding carboxylic acids is 2. The molecule has 1 unspecified atom stereocenters. The van der Waals surface area contributed by atoms with Crippen molar-refractivity contribution >= 4 is 11.9 Å². The van der Waals surface area contributed by atoms with Gasteiger partial charge in [0.05, 0.1) is 13.2 Å². The number of hydrogen-bond donors (Lipinski definition) is 0. The van der Waals surface area contributed by atoms with Gasteiger partial charge < -0.3 is 14.3 Å². The van der Waals surface area contributed by atoms with Crippen LogP contribution in [-0.4, -0.2) is 42.3 Å². The second-order valence-corrected chi connectivity index (χ2v) is 4.01. The van der Waals surface area contributed by atoms with E-state index in [4.69, 9.17) is 9.57 Å². The number of rotatable bonds is 1. The molecule has 2 aliphatic rings. The van der Waals surface area contributed by atoms with Crippen LogP contribution in [0.25, 0.3) is 0 Å². The summed E-state index contributed by atoms with van der Waals surface area (Å²) < 4.78 is 9.56. The predicted octanol–water partition coefficient (Wildman–Crippen LogP) is -0.00550. The molecule has 0 aromatic carbocycles. The lowest BCUT2D eigenvalue weighted by Gasteiger charge is -2.38. The van der Waals surface area contributed by atoms with E-state index in [1.165, 1.54) is 18.2 Å². The highest BCUT2D eigenvalue weighted by Gasteiger charge is 2.53. The molecule has 2 atom stereocenters. The van der Waals surface area contributed by atoms with Crippen molar-refractivity contribution in [3.8, 4) is 0 Å². The maximum absolute atomic E-state index is 11.7. The van der Waals surface area contributed by atoms with Gasteiger partial charge in [0.25, 0.3) is 0 Å². The molecule has 0 aromatic heterocycles. The van der Waals surface area contributed by atoms with Crippen LogP contribution in [-0.2, 0) is 23.9 Å². The summed E-state index contributed by atoms with van der Waals surface area (Å²) in [4.78, 5) is 28.3. The van der Waals surface area contributed by atoms with Crippen molar-refractivity contribution in [2.24, 2.45) is 0 Å². The fourth-order valence-corrected chi connectivity index (χ4v) is 1.85. The Morgan fingerprint density at radius 1 is 1.69 bits per heavy atom. The molecule has 0 aromatic rings. The summed E-state index contributed by atoms with van der Waals surface area (Å²) >= 11 is 0. The van der Waals surface area contributed by atoms with Gasteiger partial charge in [0.15, 0.2) is 5.54 Å². The fraction of sp³-hybridized carbons (Fsp3) is 0.600. The molecule has 2 rings (SSSR count). The number of morpholine rings is 1. The van der Waals surface area contributed by atoms with E-state index in [1.54, 1.807) is 6.92 Å². The summed E-state index contributed by atoms with van der Waals surface area (Å²) in [6.07, 6.45) is 1.43. The molecule has 6 nitrogen and oxygen atoms in total. The number of carbonyl (C=O) groups is 2. The molecule has 1 saturated heterocycles. The van der Waals surface area contributed by atoms with Crippen LogP contribution in [0.4, 0.5) is 0 Å². The molecule has 0 spiro atoms. The first-order valence-electron chi connectivity index (χ1n) is 4.94. The number of ether oxygens (including phenoxy) is 2. The minimum absolute atomic E-state index is 0.0238. The van der Waals surface area contributed by atoms with Crippen molar-refractivity contribution in [3.05, 3.63) is 11.8 Å². The number of hydroxylamine groups is 2. The van der Waals surface area contributed by atoms with Gasteiger partial charge >= 0.3 is 11.9 Å². The van der Waals surface area contributed by atoms with Gasteiger partial charge in [-0.05, 0) is 13.8 Å². The van der Waals surface area contributed by atoms with Gasteiger partial charge in [0.2, 0.25) is 5.76 Å². The smallest absolute Gasteiger partial charge is 0.375 e. The zero-order valence-electron chi connectivity index (χ0n) is 9.35. The van der Waals surface area contributed by atoms with Crippen LogP contribution in [0.15, 0.2) is 11.8 Å². The van der Waals surface area contributed by atoms with Crippen molar-refractivity contribution in [2.45, 2.75) is 25.4 Å². The molecular weight excluding hydrogens is 214 g/mol. The Morgan fingerprint density at radius 2 is 2.38 bits per heavy atom. The van der Waals surface area contributed by atoms with Gasteiger partial charge in [-0.3, -0.25) is 0 Å². The number of esters is 2. The van der Waals surface area contributed by atoms with Crippen LogP contribution in [0.5, 0.6) is 0 Å². The molecule has 88 valence electrons. The second-order valence-electron chi connectivity index (χ2n) is 4.01. The lowest BCUT2D eigenvalue weighted by Crippen LogP contribution is -2.57.